The van der Waals surface area contributed by atoms with Gasteiger partial charge in [0.05, 0.1) is 11.4 Å². The van der Waals surface area contributed by atoms with Crippen LogP contribution in [-0.2, 0) is 5.88 Å². The number of hydrogen-bond donors (Lipinski definition) is 0. The SMILES string of the molecule is Fc1cc(F)c2nc(CCl)n(-c3ccccc3)c2c1. The van der Waals surface area contributed by atoms with Crippen molar-refractivity contribution in [3.63, 3.8) is 0 Å². The molecule has 0 N–H and O–H groups in total. The van der Waals surface area contributed by atoms with Crippen molar-refractivity contribution in [1.82, 2.24) is 9.55 Å². The first kappa shape index (κ1) is 12.1. The number of nitrogens with zero attached hydrogens (tertiary/aromatic N) is 2. The fourth-order valence-corrected chi connectivity index (χ4v) is 2.29. The van der Waals surface area contributed by atoms with Gasteiger partial charge in [-0.05, 0) is 12.1 Å². The van der Waals surface area contributed by atoms with Crippen molar-refractivity contribution in [2.45, 2.75) is 5.88 Å². The van der Waals surface area contributed by atoms with Crippen LogP contribution in [0, 0.1) is 11.6 Å². The zero-order valence-electron chi connectivity index (χ0n) is 9.78. The molecular formula is C14H9ClF2N2. The Morgan fingerprint density at radius 1 is 1.11 bits per heavy atom. The number of fused-ring (bicyclic) bond motifs is 1. The maximum absolute atomic E-state index is 13.7. The average Bonchev–Trinajstić information content (AvgIpc) is 2.78. The van der Waals surface area contributed by atoms with Gasteiger partial charge in [-0.15, -0.1) is 11.6 Å². The van der Waals surface area contributed by atoms with Gasteiger partial charge < -0.3 is 0 Å². The third kappa shape index (κ3) is 1.98. The number of hydrogen-bond acceptors (Lipinski definition) is 1. The molecule has 0 aliphatic carbocycles. The van der Waals surface area contributed by atoms with E-state index in [1.54, 1.807) is 4.57 Å². The second-order valence-corrected chi connectivity index (χ2v) is 4.36. The highest BCUT2D eigenvalue weighted by Gasteiger charge is 2.15. The summed E-state index contributed by atoms with van der Waals surface area (Å²) in [6.45, 7) is 0. The number of halogens is 3. The van der Waals surface area contributed by atoms with Crippen LogP contribution in [0.3, 0.4) is 0 Å². The van der Waals surface area contributed by atoms with E-state index in [0.717, 1.165) is 11.8 Å². The summed E-state index contributed by atoms with van der Waals surface area (Å²) in [5.41, 5.74) is 1.27. The van der Waals surface area contributed by atoms with Crippen molar-refractivity contribution in [2.75, 3.05) is 0 Å². The molecular weight excluding hydrogens is 270 g/mol. The van der Waals surface area contributed by atoms with Crippen molar-refractivity contribution in [3.05, 3.63) is 59.9 Å². The highest BCUT2D eigenvalue weighted by Crippen LogP contribution is 2.25. The molecule has 0 amide bonds. The Hall–Kier alpha value is -1.94. The molecule has 0 fully saturated rings. The second kappa shape index (κ2) is 4.63. The van der Waals surface area contributed by atoms with E-state index < -0.39 is 11.6 Å². The predicted octanol–water partition coefficient (Wildman–Crippen LogP) is 4.04. The van der Waals surface area contributed by atoms with E-state index in [1.807, 2.05) is 30.3 Å². The molecule has 0 aliphatic heterocycles. The van der Waals surface area contributed by atoms with Gasteiger partial charge in [0.1, 0.15) is 17.2 Å². The van der Waals surface area contributed by atoms with E-state index >= 15 is 0 Å². The van der Waals surface area contributed by atoms with E-state index in [1.165, 1.54) is 6.07 Å². The molecule has 0 spiro atoms. The molecule has 0 saturated carbocycles. The van der Waals surface area contributed by atoms with Gasteiger partial charge in [0.2, 0.25) is 0 Å². The maximum atomic E-state index is 13.7. The van der Waals surface area contributed by atoms with Gasteiger partial charge in [-0.1, -0.05) is 18.2 Å². The summed E-state index contributed by atoms with van der Waals surface area (Å²) in [5, 5.41) is 0. The number of rotatable bonds is 2. The lowest BCUT2D eigenvalue weighted by molar-refractivity contribution is 0.590. The highest BCUT2D eigenvalue weighted by atomic mass is 35.5. The van der Waals surface area contributed by atoms with E-state index in [0.29, 0.717) is 11.3 Å². The molecule has 0 radical (unpaired) electrons. The predicted molar refractivity (Wildman–Crippen MR) is 70.5 cm³/mol. The van der Waals surface area contributed by atoms with Crippen LogP contribution in [0.2, 0.25) is 0 Å². The molecule has 0 aliphatic rings. The van der Waals surface area contributed by atoms with Gasteiger partial charge in [-0.3, -0.25) is 4.57 Å². The minimum Gasteiger partial charge on any atom is -0.295 e. The molecule has 0 bridgehead atoms. The number of para-hydroxylation sites is 1. The summed E-state index contributed by atoms with van der Waals surface area (Å²) in [7, 11) is 0. The average molecular weight is 279 g/mol. The van der Waals surface area contributed by atoms with Crippen LogP contribution in [0.15, 0.2) is 42.5 Å². The van der Waals surface area contributed by atoms with Crippen LogP contribution in [0.25, 0.3) is 16.7 Å². The number of aromatic nitrogens is 2. The second-order valence-electron chi connectivity index (χ2n) is 4.09. The van der Waals surface area contributed by atoms with Crippen LogP contribution in [0.4, 0.5) is 8.78 Å². The lowest BCUT2D eigenvalue weighted by atomic mass is 10.2. The zero-order valence-corrected chi connectivity index (χ0v) is 10.5. The van der Waals surface area contributed by atoms with Gasteiger partial charge in [0, 0.05) is 17.8 Å². The van der Waals surface area contributed by atoms with Crippen molar-refractivity contribution >= 4 is 22.6 Å². The Morgan fingerprint density at radius 2 is 1.84 bits per heavy atom. The van der Waals surface area contributed by atoms with E-state index in [4.69, 9.17) is 11.6 Å². The van der Waals surface area contributed by atoms with E-state index in [2.05, 4.69) is 4.98 Å². The summed E-state index contributed by atoms with van der Waals surface area (Å²) in [6, 6.07) is 11.3. The summed E-state index contributed by atoms with van der Waals surface area (Å²) in [5.74, 6) is -0.725. The quantitative estimate of drug-likeness (QED) is 0.647. The summed E-state index contributed by atoms with van der Waals surface area (Å²) >= 11 is 5.85. The molecule has 2 aromatic carbocycles. The van der Waals surface area contributed by atoms with Crippen LogP contribution in [-0.4, -0.2) is 9.55 Å². The van der Waals surface area contributed by atoms with Crippen LogP contribution in [0.1, 0.15) is 5.82 Å². The van der Waals surface area contributed by atoms with Gasteiger partial charge in [0.15, 0.2) is 5.82 Å². The third-order valence-electron chi connectivity index (χ3n) is 2.88. The molecule has 2 nitrogen and oxygen atoms in total. The zero-order chi connectivity index (χ0) is 13.4. The van der Waals surface area contributed by atoms with Crippen molar-refractivity contribution in [2.24, 2.45) is 0 Å². The van der Waals surface area contributed by atoms with E-state index in [9.17, 15) is 8.78 Å². The normalized spacial score (nSPS) is 11.1. The largest absolute Gasteiger partial charge is 0.295 e. The molecule has 3 rings (SSSR count). The highest BCUT2D eigenvalue weighted by molar-refractivity contribution is 6.17. The lowest BCUT2D eigenvalue weighted by Gasteiger charge is -2.07. The van der Waals surface area contributed by atoms with Gasteiger partial charge >= 0.3 is 0 Å². The van der Waals surface area contributed by atoms with Crippen molar-refractivity contribution in [1.29, 1.82) is 0 Å². The number of imidazole rings is 1. The molecule has 0 unspecified atom stereocenters. The minimum absolute atomic E-state index is 0.116. The van der Waals surface area contributed by atoms with Crippen molar-refractivity contribution < 1.29 is 8.78 Å². The summed E-state index contributed by atoms with van der Waals surface area (Å²) in [4.78, 5) is 4.14. The maximum Gasteiger partial charge on any atom is 0.153 e. The summed E-state index contributed by atoms with van der Waals surface area (Å²) in [6.07, 6.45) is 0. The molecule has 0 atom stereocenters. The smallest absolute Gasteiger partial charge is 0.153 e. The first-order chi connectivity index (χ1) is 9.20. The standard InChI is InChI=1S/C14H9ClF2N2/c15-8-13-18-14-11(17)6-9(16)7-12(14)19(13)10-4-2-1-3-5-10/h1-7H,8H2. The molecule has 1 heterocycles. The van der Waals surface area contributed by atoms with Crippen molar-refractivity contribution in [3.8, 4) is 5.69 Å². The fraction of sp³-hybridized carbons (Fsp3) is 0.0714. The van der Waals surface area contributed by atoms with Gasteiger partial charge in [0.25, 0.3) is 0 Å². The Kier molecular flexibility index (Phi) is 2.95. The lowest BCUT2D eigenvalue weighted by Crippen LogP contribution is -1.99. The van der Waals surface area contributed by atoms with E-state index in [-0.39, 0.29) is 11.4 Å². The fourth-order valence-electron chi connectivity index (χ4n) is 2.11. The molecule has 3 aromatic rings. The van der Waals surface area contributed by atoms with Gasteiger partial charge in [-0.25, -0.2) is 13.8 Å². The minimum atomic E-state index is -0.684. The van der Waals surface area contributed by atoms with Crippen LogP contribution in [0.5, 0.6) is 0 Å². The van der Waals surface area contributed by atoms with Crippen LogP contribution < -0.4 is 0 Å². The van der Waals surface area contributed by atoms with Gasteiger partial charge in [-0.2, -0.15) is 0 Å². The number of alkyl halides is 1. The Bertz CT molecular complexity index is 738. The molecule has 0 saturated heterocycles. The molecule has 19 heavy (non-hydrogen) atoms. The Morgan fingerprint density at radius 3 is 2.53 bits per heavy atom. The first-order valence-electron chi connectivity index (χ1n) is 5.68. The third-order valence-corrected chi connectivity index (χ3v) is 3.12. The Labute approximate surface area is 113 Å². The number of benzene rings is 2. The first-order valence-corrected chi connectivity index (χ1v) is 6.22. The summed E-state index contributed by atoms with van der Waals surface area (Å²) < 4.78 is 28.8. The molecule has 96 valence electrons. The molecule has 5 heteroatoms. The topological polar surface area (TPSA) is 17.8 Å². The molecule has 1 aromatic heterocycles. The Balaban J connectivity index is 2.39. The monoisotopic (exact) mass is 278 g/mol. The van der Waals surface area contributed by atoms with Crippen LogP contribution >= 0.6 is 11.6 Å².